The second-order valence-corrected chi connectivity index (χ2v) is 5.35. The molecule has 1 N–H and O–H groups in total. The lowest BCUT2D eigenvalue weighted by molar-refractivity contribution is 0.0702. The fourth-order valence-corrected chi connectivity index (χ4v) is 2.74. The van der Waals surface area contributed by atoms with Crippen molar-refractivity contribution < 1.29 is 9.90 Å². The minimum absolute atomic E-state index is 0.257. The van der Waals surface area contributed by atoms with Gasteiger partial charge in [0.05, 0.1) is 0 Å². The van der Waals surface area contributed by atoms with Crippen LogP contribution in [0.3, 0.4) is 0 Å². The van der Waals surface area contributed by atoms with Crippen LogP contribution in [0, 0.1) is 0 Å². The van der Waals surface area contributed by atoms with E-state index < -0.39 is 5.97 Å². The van der Waals surface area contributed by atoms with E-state index in [2.05, 4.69) is 9.97 Å². The van der Waals surface area contributed by atoms with Gasteiger partial charge in [0.25, 0.3) is 0 Å². The van der Waals surface area contributed by atoms with Crippen LogP contribution in [-0.4, -0.2) is 21.0 Å². The molecule has 6 heteroatoms. The van der Waals surface area contributed by atoms with Crippen molar-refractivity contribution in [3.63, 3.8) is 0 Å². The molecule has 2 aromatic heterocycles. The van der Waals surface area contributed by atoms with Crippen LogP contribution in [-0.2, 0) is 0 Å². The highest BCUT2D eigenvalue weighted by atomic mass is 35.5. The smallest absolute Gasteiger partial charge is 0.345 e. The van der Waals surface area contributed by atoms with Crippen LogP contribution >= 0.6 is 22.9 Å². The van der Waals surface area contributed by atoms with Gasteiger partial charge in [-0.25, -0.2) is 14.8 Å². The molecule has 19 heavy (non-hydrogen) atoms. The summed E-state index contributed by atoms with van der Waals surface area (Å²) in [7, 11) is 0. The molecule has 0 saturated heterocycles. The Labute approximate surface area is 117 Å². The molecular formula is C13H7ClN2O2S. The van der Waals surface area contributed by atoms with E-state index in [1.807, 2.05) is 12.1 Å². The second kappa shape index (κ2) is 4.60. The van der Waals surface area contributed by atoms with Crippen molar-refractivity contribution in [3.8, 4) is 11.4 Å². The molecule has 3 rings (SSSR count). The molecular weight excluding hydrogens is 284 g/mol. The normalized spacial score (nSPS) is 10.8. The topological polar surface area (TPSA) is 63.1 Å². The molecule has 94 valence electrons. The molecule has 0 radical (unpaired) electrons. The van der Waals surface area contributed by atoms with Crippen LogP contribution in [0.25, 0.3) is 21.6 Å². The van der Waals surface area contributed by atoms with Gasteiger partial charge < -0.3 is 5.11 Å². The quantitative estimate of drug-likeness (QED) is 0.781. The molecule has 3 aromatic rings. The number of carbonyl (C=O) groups is 1. The summed E-state index contributed by atoms with van der Waals surface area (Å²) in [6, 6.07) is 8.80. The third kappa shape index (κ3) is 2.30. The number of aromatic nitrogens is 2. The van der Waals surface area contributed by atoms with Crippen molar-refractivity contribution in [1.29, 1.82) is 0 Å². The van der Waals surface area contributed by atoms with Gasteiger partial charge in [-0.1, -0.05) is 23.7 Å². The van der Waals surface area contributed by atoms with E-state index in [0.717, 1.165) is 22.3 Å². The van der Waals surface area contributed by atoms with Crippen molar-refractivity contribution in [1.82, 2.24) is 9.97 Å². The Balaban J connectivity index is 2.13. The molecule has 0 aliphatic rings. The zero-order valence-corrected chi connectivity index (χ0v) is 11.1. The maximum Gasteiger partial charge on any atom is 0.345 e. The van der Waals surface area contributed by atoms with Crippen LogP contribution in [0.2, 0.25) is 5.02 Å². The average molecular weight is 291 g/mol. The number of thiophene rings is 1. The first kappa shape index (κ1) is 12.1. The summed E-state index contributed by atoms with van der Waals surface area (Å²) in [6.07, 6.45) is 1.63. The molecule has 0 amide bonds. The van der Waals surface area contributed by atoms with Crippen molar-refractivity contribution in [2.75, 3.05) is 0 Å². The van der Waals surface area contributed by atoms with Gasteiger partial charge in [-0.15, -0.1) is 11.3 Å². The molecule has 0 bridgehead atoms. The predicted octanol–water partition coefficient (Wildman–Crippen LogP) is 3.71. The van der Waals surface area contributed by atoms with E-state index in [9.17, 15) is 4.79 Å². The lowest BCUT2D eigenvalue weighted by Crippen LogP contribution is -1.89. The predicted molar refractivity (Wildman–Crippen MR) is 74.8 cm³/mol. The van der Waals surface area contributed by atoms with Crippen molar-refractivity contribution in [3.05, 3.63) is 46.4 Å². The van der Waals surface area contributed by atoms with Gasteiger partial charge in [0.2, 0.25) is 0 Å². The molecule has 1 aromatic carbocycles. The van der Waals surface area contributed by atoms with Gasteiger partial charge in [-0.3, -0.25) is 0 Å². The standard InChI is InChI=1S/C13H7ClN2O2S/c14-9-3-1-2-7(4-9)11-15-6-8-5-10(13(17)18)19-12(8)16-11/h1-6H,(H,17,18). The van der Waals surface area contributed by atoms with Gasteiger partial charge in [-0.05, 0) is 18.2 Å². The van der Waals surface area contributed by atoms with Crippen LogP contribution < -0.4 is 0 Å². The van der Waals surface area contributed by atoms with E-state index >= 15 is 0 Å². The second-order valence-electron chi connectivity index (χ2n) is 3.88. The summed E-state index contributed by atoms with van der Waals surface area (Å²) in [6.45, 7) is 0. The Morgan fingerprint density at radius 1 is 1.32 bits per heavy atom. The Morgan fingerprint density at radius 2 is 2.16 bits per heavy atom. The van der Waals surface area contributed by atoms with Gasteiger partial charge in [0.1, 0.15) is 9.71 Å². The SMILES string of the molecule is O=C(O)c1cc2cnc(-c3cccc(Cl)c3)nc2s1. The van der Waals surface area contributed by atoms with Crippen molar-refractivity contribution >= 4 is 39.1 Å². The minimum atomic E-state index is -0.952. The molecule has 0 spiro atoms. The van der Waals surface area contributed by atoms with Crippen LogP contribution in [0.4, 0.5) is 0 Å². The third-order valence-electron chi connectivity index (χ3n) is 2.57. The van der Waals surface area contributed by atoms with E-state index in [4.69, 9.17) is 16.7 Å². The van der Waals surface area contributed by atoms with Crippen LogP contribution in [0.15, 0.2) is 36.5 Å². The van der Waals surface area contributed by atoms with Gasteiger partial charge in [0, 0.05) is 22.2 Å². The summed E-state index contributed by atoms with van der Waals surface area (Å²) in [4.78, 5) is 20.4. The first-order valence-corrected chi connectivity index (χ1v) is 6.59. The van der Waals surface area contributed by atoms with Crippen LogP contribution in [0.5, 0.6) is 0 Å². The third-order valence-corrected chi connectivity index (χ3v) is 3.83. The number of carboxylic acids is 1. The summed E-state index contributed by atoms with van der Waals surface area (Å²) in [5.41, 5.74) is 0.805. The molecule has 0 aliphatic carbocycles. The van der Waals surface area contributed by atoms with E-state index in [1.165, 1.54) is 0 Å². The first-order valence-electron chi connectivity index (χ1n) is 5.39. The fourth-order valence-electron chi connectivity index (χ4n) is 1.70. The highest BCUT2D eigenvalue weighted by Gasteiger charge is 2.11. The maximum absolute atomic E-state index is 10.9. The Kier molecular flexibility index (Phi) is 2.93. The number of nitrogens with zero attached hydrogens (tertiary/aromatic N) is 2. The molecule has 0 saturated carbocycles. The summed E-state index contributed by atoms with van der Waals surface area (Å²) in [5, 5.41) is 10.3. The Bertz CT molecular complexity index is 785. The highest BCUT2D eigenvalue weighted by molar-refractivity contribution is 7.20. The molecule has 0 aliphatic heterocycles. The fraction of sp³-hybridized carbons (Fsp3) is 0. The Hall–Kier alpha value is -1.98. The summed E-state index contributed by atoms with van der Waals surface area (Å²) < 4.78 is 0. The zero-order valence-electron chi connectivity index (χ0n) is 9.50. The number of fused-ring (bicyclic) bond motifs is 1. The van der Waals surface area contributed by atoms with E-state index in [0.29, 0.717) is 15.7 Å². The van der Waals surface area contributed by atoms with Gasteiger partial charge in [0.15, 0.2) is 5.82 Å². The largest absolute Gasteiger partial charge is 0.477 e. The van der Waals surface area contributed by atoms with E-state index in [-0.39, 0.29) is 4.88 Å². The van der Waals surface area contributed by atoms with Gasteiger partial charge >= 0.3 is 5.97 Å². The molecule has 0 fully saturated rings. The Morgan fingerprint density at radius 3 is 2.89 bits per heavy atom. The molecule has 4 nitrogen and oxygen atoms in total. The number of halogens is 1. The maximum atomic E-state index is 10.9. The van der Waals surface area contributed by atoms with Crippen molar-refractivity contribution in [2.24, 2.45) is 0 Å². The number of aromatic carboxylic acids is 1. The molecule has 0 unspecified atom stereocenters. The van der Waals surface area contributed by atoms with Crippen molar-refractivity contribution in [2.45, 2.75) is 0 Å². The lowest BCUT2D eigenvalue weighted by atomic mass is 10.2. The summed E-state index contributed by atoms with van der Waals surface area (Å²) in [5.74, 6) is -0.416. The van der Waals surface area contributed by atoms with E-state index in [1.54, 1.807) is 24.4 Å². The molecule has 2 heterocycles. The lowest BCUT2D eigenvalue weighted by Gasteiger charge is -2.00. The summed E-state index contributed by atoms with van der Waals surface area (Å²) >= 11 is 7.06. The number of rotatable bonds is 2. The highest BCUT2D eigenvalue weighted by Crippen LogP contribution is 2.26. The molecule has 0 atom stereocenters. The minimum Gasteiger partial charge on any atom is -0.477 e. The monoisotopic (exact) mass is 290 g/mol. The number of carboxylic acid groups (broad SMARTS) is 1. The number of hydrogen-bond donors (Lipinski definition) is 1. The van der Waals surface area contributed by atoms with Crippen LogP contribution in [0.1, 0.15) is 9.67 Å². The number of benzene rings is 1. The zero-order chi connectivity index (χ0) is 13.4. The number of hydrogen-bond acceptors (Lipinski definition) is 4. The first-order chi connectivity index (χ1) is 9.13. The van der Waals surface area contributed by atoms with Gasteiger partial charge in [-0.2, -0.15) is 0 Å². The average Bonchev–Trinajstić information content (AvgIpc) is 2.81.